The molecule has 3 aromatic rings. The van der Waals surface area contributed by atoms with E-state index in [0.29, 0.717) is 5.75 Å². The number of aromatic nitrogens is 1. The van der Waals surface area contributed by atoms with E-state index in [-0.39, 0.29) is 24.2 Å². The lowest BCUT2D eigenvalue weighted by atomic mass is 9.71. The van der Waals surface area contributed by atoms with Gasteiger partial charge in [0.25, 0.3) is 0 Å². The van der Waals surface area contributed by atoms with Gasteiger partial charge in [0, 0.05) is 35.2 Å². The number of amides is 1. The summed E-state index contributed by atoms with van der Waals surface area (Å²) in [5.41, 5.74) is 4.24. The molecule has 5 nitrogen and oxygen atoms in total. The summed E-state index contributed by atoms with van der Waals surface area (Å²) in [5, 5.41) is 13.4. The van der Waals surface area contributed by atoms with Crippen LogP contribution in [0.2, 0.25) is 0 Å². The average Bonchev–Trinajstić information content (AvgIpc) is 3.08. The number of carbonyl (C=O) groups is 2. The molecule has 1 amide bonds. The summed E-state index contributed by atoms with van der Waals surface area (Å²) < 4.78 is 0. The van der Waals surface area contributed by atoms with Crippen LogP contribution in [-0.4, -0.2) is 33.8 Å². The zero-order chi connectivity index (χ0) is 19.7. The average molecular weight is 394 g/mol. The van der Waals surface area contributed by atoms with Crippen molar-refractivity contribution in [1.82, 2.24) is 10.3 Å². The van der Waals surface area contributed by atoms with Crippen molar-refractivity contribution in [3.05, 3.63) is 71.4 Å². The number of fused-ring (bicyclic) bond motifs is 2. The Morgan fingerprint density at radius 1 is 1.18 bits per heavy atom. The molecule has 3 atom stereocenters. The number of rotatable bonds is 7. The zero-order valence-electron chi connectivity index (χ0n) is 15.3. The number of hydrogen-bond acceptors (Lipinski definition) is 3. The van der Waals surface area contributed by atoms with Gasteiger partial charge in [-0.15, -0.1) is 0 Å². The molecule has 1 aliphatic rings. The normalized spacial score (nSPS) is 17.4. The van der Waals surface area contributed by atoms with Crippen LogP contribution in [0.5, 0.6) is 0 Å². The molecule has 1 heterocycles. The summed E-state index contributed by atoms with van der Waals surface area (Å²) in [7, 11) is 0. The summed E-state index contributed by atoms with van der Waals surface area (Å²) in [6, 6.07) is 14.8. The van der Waals surface area contributed by atoms with Crippen molar-refractivity contribution < 1.29 is 14.7 Å². The molecule has 0 saturated carbocycles. The molecule has 4 rings (SSSR count). The first kappa shape index (κ1) is 18.6. The lowest BCUT2D eigenvalue weighted by molar-refractivity contribution is -0.142. The van der Waals surface area contributed by atoms with Crippen LogP contribution in [0.1, 0.15) is 22.6 Å². The number of carboxylic acids is 1. The van der Waals surface area contributed by atoms with E-state index in [2.05, 4.69) is 29.0 Å². The third-order valence-electron chi connectivity index (χ3n) is 5.63. The van der Waals surface area contributed by atoms with Crippen LogP contribution in [0.3, 0.4) is 0 Å². The topological polar surface area (TPSA) is 82.2 Å². The number of H-pyrrole nitrogens is 1. The van der Waals surface area contributed by atoms with Gasteiger partial charge in [0.15, 0.2) is 0 Å². The first-order chi connectivity index (χ1) is 13.6. The molecule has 0 aliphatic heterocycles. The van der Waals surface area contributed by atoms with E-state index in [0.717, 1.165) is 22.9 Å². The Hall–Kier alpha value is -2.73. The van der Waals surface area contributed by atoms with Gasteiger partial charge < -0.3 is 15.4 Å². The van der Waals surface area contributed by atoms with Crippen molar-refractivity contribution in [3.8, 4) is 0 Å². The number of carboxylic acid groups (broad SMARTS) is 1. The molecule has 0 fully saturated rings. The number of hydrogen-bond donors (Lipinski definition) is 4. The summed E-state index contributed by atoms with van der Waals surface area (Å²) in [4.78, 5) is 27.9. The summed E-state index contributed by atoms with van der Waals surface area (Å²) in [6.45, 7) is 0. The highest BCUT2D eigenvalue weighted by Gasteiger charge is 2.37. The molecule has 3 N–H and O–H groups in total. The van der Waals surface area contributed by atoms with E-state index in [1.807, 2.05) is 48.7 Å². The summed E-state index contributed by atoms with van der Waals surface area (Å²) in [6.07, 6.45) is 2.87. The van der Waals surface area contributed by atoms with Crippen LogP contribution in [-0.2, 0) is 22.4 Å². The van der Waals surface area contributed by atoms with Gasteiger partial charge in [0.2, 0.25) is 5.91 Å². The number of carbonyl (C=O) groups excluding carboxylic acids is 1. The van der Waals surface area contributed by atoms with Crippen LogP contribution < -0.4 is 5.32 Å². The predicted molar refractivity (Wildman–Crippen MR) is 112 cm³/mol. The maximum absolute atomic E-state index is 12.9. The molecule has 0 radical (unpaired) electrons. The fraction of sp³-hybridized carbons (Fsp3) is 0.273. The fourth-order valence-corrected chi connectivity index (χ4v) is 4.47. The standard InChI is InChI=1S/C22H22N2O3S/c25-21(18(12-28)17-9-13-5-1-2-6-15(13)17)24-20(22(26)27)10-14-11-23-19-8-4-3-7-16(14)19/h1-8,11,17-18,20,23,28H,9-10,12H2,(H,24,25)(H,26,27)/t17-,18+,20-/m0/s1. The quantitative estimate of drug-likeness (QED) is 0.465. The third-order valence-corrected chi connectivity index (χ3v) is 6.02. The Bertz CT molecular complexity index is 1030. The second-order valence-corrected chi connectivity index (χ2v) is 7.63. The van der Waals surface area contributed by atoms with Crippen LogP contribution in [0.15, 0.2) is 54.7 Å². The van der Waals surface area contributed by atoms with Gasteiger partial charge in [-0.1, -0.05) is 42.5 Å². The molecular weight excluding hydrogens is 372 g/mol. The van der Waals surface area contributed by atoms with Crippen molar-refractivity contribution in [1.29, 1.82) is 0 Å². The lowest BCUT2D eigenvalue weighted by Gasteiger charge is -2.35. The van der Waals surface area contributed by atoms with Gasteiger partial charge in [-0.25, -0.2) is 4.79 Å². The first-order valence-electron chi connectivity index (χ1n) is 9.35. The number of aliphatic carboxylic acids is 1. The van der Waals surface area contributed by atoms with Gasteiger partial charge in [0.1, 0.15) is 6.04 Å². The van der Waals surface area contributed by atoms with E-state index in [4.69, 9.17) is 0 Å². The largest absolute Gasteiger partial charge is 0.480 e. The molecule has 0 spiro atoms. The van der Waals surface area contributed by atoms with Gasteiger partial charge in [-0.05, 0) is 29.2 Å². The second-order valence-electron chi connectivity index (χ2n) is 7.26. The number of nitrogens with one attached hydrogen (secondary N) is 2. The summed E-state index contributed by atoms with van der Waals surface area (Å²) >= 11 is 4.37. The Morgan fingerprint density at radius 2 is 1.93 bits per heavy atom. The molecule has 2 aromatic carbocycles. The van der Waals surface area contributed by atoms with Crippen LogP contribution in [0.4, 0.5) is 0 Å². The molecule has 144 valence electrons. The fourth-order valence-electron chi connectivity index (χ4n) is 4.05. The van der Waals surface area contributed by atoms with Gasteiger partial charge in [-0.3, -0.25) is 4.79 Å². The minimum absolute atomic E-state index is 0.0937. The van der Waals surface area contributed by atoms with E-state index < -0.39 is 12.0 Å². The molecule has 6 heteroatoms. The smallest absolute Gasteiger partial charge is 0.326 e. The first-order valence-corrected chi connectivity index (χ1v) is 9.98. The molecule has 1 aliphatic carbocycles. The van der Waals surface area contributed by atoms with E-state index in [1.54, 1.807) is 0 Å². The molecular formula is C22H22N2O3S. The van der Waals surface area contributed by atoms with Crippen molar-refractivity contribution >= 4 is 35.4 Å². The Kier molecular flexibility index (Phi) is 5.13. The Balaban J connectivity index is 1.50. The highest BCUT2D eigenvalue weighted by atomic mass is 32.1. The second kappa shape index (κ2) is 7.72. The number of aromatic amines is 1. The molecule has 0 unspecified atom stereocenters. The van der Waals surface area contributed by atoms with Gasteiger partial charge >= 0.3 is 5.97 Å². The third kappa shape index (κ3) is 3.40. The zero-order valence-corrected chi connectivity index (χ0v) is 16.2. The molecule has 0 bridgehead atoms. The molecule has 0 saturated heterocycles. The van der Waals surface area contributed by atoms with Gasteiger partial charge in [0.05, 0.1) is 5.92 Å². The number of benzene rings is 2. The minimum Gasteiger partial charge on any atom is -0.480 e. The summed E-state index contributed by atoms with van der Waals surface area (Å²) in [5.74, 6) is -1.16. The maximum atomic E-state index is 12.9. The Morgan fingerprint density at radius 3 is 2.68 bits per heavy atom. The van der Waals surface area contributed by atoms with Crippen LogP contribution >= 0.6 is 12.6 Å². The van der Waals surface area contributed by atoms with Gasteiger partial charge in [-0.2, -0.15) is 12.6 Å². The van der Waals surface area contributed by atoms with Crippen molar-refractivity contribution in [3.63, 3.8) is 0 Å². The van der Waals surface area contributed by atoms with E-state index in [1.165, 1.54) is 11.1 Å². The molecule has 28 heavy (non-hydrogen) atoms. The van der Waals surface area contributed by atoms with Crippen molar-refractivity contribution in [2.24, 2.45) is 5.92 Å². The number of para-hydroxylation sites is 1. The van der Waals surface area contributed by atoms with Crippen LogP contribution in [0.25, 0.3) is 10.9 Å². The monoisotopic (exact) mass is 394 g/mol. The highest BCUT2D eigenvalue weighted by molar-refractivity contribution is 7.80. The van der Waals surface area contributed by atoms with Crippen molar-refractivity contribution in [2.75, 3.05) is 5.75 Å². The minimum atomic E-state index is -1.04. The van der Waals surface area contributed by atoms with E-state index in [9.17, 15) is 14.7 Å². The SMILES string of the molecule is O=C(O)[C@H](Cc1c[nH]c2ccccc12)NC(=O)[C@H](CS)[C@H]1Cc2ccccc21. The lowest BCUT2D eigenvalue weighted by Crippen LogP contribution is -2.47. The number of thiol groups is 1. The van der Waals surface area contributed by atoms with Crippen LogP contribution in [0, 0.1) is 5.92 Å². The van der Waals surface area contributed by atoms with Crippen molar-refractivity contribution in [2.45, 2.75) is 24.8 Å². The Labute approximate surface area is 168 Å². The highest BCUT2D eigenvalue weighted by Crippen LogP contribution is 2.40. The maximum Gasteiger partial charge on any atom is 0.326 e. The molecule has 1 aromatic heterocycles. The van der Waals surface area contributed by atoms with E-state index >= 15 is 0 Å². The predicted octanol–water partition coefficient (Wildman–Crippen LogP) is 3.17.